The van der Waals surface area contributed by atoms with Crippen molar-refractivity contribution in [3.63, 3.8) is 0 Å². The van der Waals surface area contributed by atoms with Gasteiger partial charge in [-0.2, -0.15) is 0 Å². The van der Waals surface area contributed by atoms with Gasteiger partial charge in [0.2, 0.25) is 0 Å². The molecule has 13 aromatic rings. The van der Waals surface area contributed by atoms with Crippen molar-refractivity contribution in [1.29, 1.82) is 0 Å². The summed E-state index contributed by atoms with van der Waals surface area (Å²) in [6.07, 6.45) is 0. The first-order valence-corrected chi connectivity index (χ1v) is 22.8. The van der Waals surface area contributed by atoms with Crippen LogP contribution in [0.2, 0.25) is 0 Å². The van der Waals surface area contributed by atoms with Crippen LogP contribution in [-0.4, -0.2) is 4.57 Å². The van der Waals surface area contributed by atoms with E-state index in [-0.39, 0.29) is 0 Å². The highest BCUT2D eigenvalue weighted by molar-refractivity contribution is 6.13. The molecule has 0 fully saturated rings. The second kappa shape index (κ2) is 15.4. The van der Waals surface area contributed by atoms with E-state index in [2.05, 4.69) is 228 Å². The lowest BCUT2D eigenvalue weighted by molar-refractivity contribution is 0.668. The Morgan fingerprint density at radius 2 is 0.791 bits per heavy atom. The van der Waals surface area contributed by atoms with E-state index >= 15 is 0 Å². The molecule has 0 atom stereocenters. The highest BCUT2D eigenvalue weighted by Crippen LogP contribution is 2.43. The molecular formula is C63H42N2O2. The fourth-order valence-electron chi connectivity index (χ4n) is 10.2. The lowest BCUT2D eigenvalue weighted by Crippen LogP contribution is -2.09. The monoisotopic (exact) mass is 858 g/mol. The predicted molar refractivity (Wildman–Crippen MR) is 281 cm³/mol. The van der Waals surface area contributed by atoms with Crippen LogP contribution in [0.25, 0.3) is 110 Å². The zero-order valence-corrected chi connectivity index (χ0v) is 36.8. The molecule has 13 rings (SSSR count). The fraction of sp³-hybridized carbons (Fsp3) is 0.0159. The molecule has 0 aliphatic carbocycles. The quantitative estimate of drug-likeness (QED) is 0.153. The molecule has 0 saturated heterocycles. The van der Waals surface area contributed by atoms with Crippen LogP contribution >= 0.6 is 0 Å². The summed E-state index contributed by atoms with van der Waals surface area (Å²) in [7, 11) is 0. The van der Waals surface area contributed by atoms with Crippen molar-refractivity contribution in [2.24, 2.45) is 0 Å². The molecule has 10 aromatic carbocycles. The summed E-state index contributed by atoms with van der Waals surface area (Å²) in [5.41, 5.74) is 18.9. The summed E-state index contributed by atoms with van der Waals surface area (Å²) < 4.78 is 15.5. The molecule has 0 bridgehead atoms. The lowest BCUT2D eigenvalue weighted by atomic mass is 10.00. The van der Waals surface area contributed by atoms with E-state index in [1.54, 1.807) is 0 Å². The van der Waals surface area contributed by atoms with Gasteiger partial charge in [-0.25, -0.2) is 0 Å². The largest absolute Gasteiger partial charge is 0.455 e. The molecule has 0 spiro atoms. The molecule has 4 nitrogen and oxygen atoms in total. The Balaban J connectivity index is 0.876. The third-order valence-electron chi connectivity index (χ3n) is 13.4. The molecule has 0 N–H and O–H groups in total. The van der Waals surface area contributed by atoms with Gasteiger partial charge in [0.15, 0.2) is 0 Å². The number of nitrogens with zero attached hydrogens (tertiary/aromatic N) is 2. The lowest BCUT2D eigenvalue weighted by Gasteiger charge is -2.26. The number of allylic oxidation sites excluding steroid dienone is 1. The normalized spacial score (nSPS) is 11.7. The van der Waals surface area contributed by atoms with Crippen LogP contribution < -0.4 is 4.90 Å². The Hall–Kier alpha value is -8.86. The van der Waals surface area contributed by atoms with Crippen molar-refractivity contribution in [3.05, 3.63) is 237 Å². The molecule has 3 aromatic heterocycles. The molecule has 3 heterocycles. The van der Waals surface area contributed by atoms with Crippen LogP contribution in [0.4, 0.5) is 17.1 Å². The maximum absolute atomic E-state index is 6.67. The molecule has 316 valence electrons. The van der Waals surface area contributed by atoms with Crippen molar-refractivity contribution in [3.8, 4) is 39.1 Å². The van der Waals surface area contributed by atoms with Crippen molar-refractivity contribution >= 4 is 88.3 Å². The minimum absolute atomic E-state index is 0.878. The van der Waals surface area contributed by atoms with Gasteiger partial charge in [0, 0.05) is 71.8 Å². The van der Waals surface area contributed by atoms with Gasteiger partial charge in [-0.05, 0) is 101 Å². The average Bonchev–Trinajstić information content (AvgIpc) is 4.07. The van der Waals surface area contributed by atoms with E-state index < -0.39 is 0 Å². The second-order valence-corrected chi connectivity index (χ2v) is 17.4. The average molecular weight is 859 g/mol. The third kappa shape index (κ3) is 6.29. The molecule has 0 radical (unpaired) electrons. The van der Waals surface area contributed by atoms with E-state index in [4.69, 9.17) is 8.83 Å². The maximum atomic E-state index is 6.67. The minimum atomic E-state index is 0.878. The molecule has 0 saturated carbocycles. The number of fused-ring (bicyclic) bond motifs is 9. The highest BCUT2D eigenvalue weighted by Gasteiger charge is 2.19. The number of furan rings is 2. The molecule has 0 aliphatic heterocycles. The fourth-order valence-corrected chi connectivity index (χ4v) is 10.2. The van der Waals surface area contributed by atoms with E-state index in [9.17, 15) is 0 Å². The number of aromatic nitrogens is 1. The topological polar surface area (TPSA) is 34.5 Å². The van der Waals surface area contributed by atoms with Gasteiger partial charge in [-0.3, -0.25) is 0 Å². The molecular weight excluding hydrogens is 817 g/mol. The molecule has 0 amide bonds. The number of benzene rings is 10. The molecule has 0 unspecified atom stereocenters. The highest BCUT2D eigenvalue weighted by atomic mass is 16.3. The summed E-state index contributed by atoms with van der Waals surface area (Å²) in [6.45, 7) is 6.25. The van der Waals surface area contributed by atoms with Crippen LogP contribution in [0.5, 0.6) is 0 Å². The summed E-state index contributed by atoms with van der Waals surface area (Å²) in [5, 5.41) is 6.97. The van der Waals surface area contributed by atoms with Gasteiger partial charge in [-0.1, -0.05) is 164 Å². The van der Waals surface area contributed by atoms with Crippen molar-refractivity contribution in [2.75, 3.05) is 4.90 Å². The Morgan fingerprint density at radius 1 is 0.373 bits per heavy atom. The third-order valence-corrected chi connectivity index (χ3v) is 13.4. The van der Waals surface area contributed by atoms with Gasteiger partial charge in [0.1, 0.15) is 22.3 Å². The standard InChI is InChI=1S/C63H42N2O2/c1-40(2)49-15-9-19-56-57-20-11-17-51(63(57)67-61(49)56)44-30-38-47(39-31-44)64(46-36-28-43(29-37-46)50-16-10-18-55-54-14-5-8-23-60(54)66-62(50)55)45-32-24-41(25-33-45)42-26-34-48(35-27-42)65-58-21-6-3-12-52(58)53-13-4-7-22-59(53)65/h3-39H,1H2,2H3. The number of hydrogen-bond acceptors (Lipinski definition) is 3. The van der Waals surface area contributed by atoms with Gasteiger partial charge in [0.05, 0.1) is 11.0 Å². The second-order valence-electron chi connectivity index (χ2n) is 17.4. The van der Waals surface area contributed by atoms with Gasteiger partial charge >= 0.3 is 0 Å². The van der Waals surface area contributed by atoms with Crippen LogP contribution in [0.1, 0.15) is 12.5 Å². The van der Waals surface area contributed by atoms with Gasteiger partial charge in [-0.15, -0.1) is 0 Å². The zero-order chi connectivity index (χ0) is 44.6. The van der Waals surface area contributed by atoms with E-state index in [1.807, 2.05) is 19.1 Å². The Morgan fingerprint density at radius 3 is 1.34 bits per heavy atom. The summed E-state index contributed by atoms with van der Waals surface area (Å²) in [4.78, 5) is 2.32. The van der Waals surface area contributed by atoms with Crippen LogP contribution in [0.15, 0.2) is 240 Å². The number of rotatable bonds is 8. The van der Waals surface area contributed by atoms with E-state index in [0.717, 1.165) is 111 Å². The Kier molecular flexibility index (Phi) is 8.87. The first-order valence-electron chi connectivity index (χ1n) is 22.8. The van der Waals surface area contributed by atoms with Gasteiger partial charge in [0.25, 0.3) is 0 Å². The summed E-state index contributed by atoms with van der Waals surface area (Å²) in [6, 6.07) is 80.1. The SMILES string of the molecule is C=C(C)c1cccc2c1oc1c(-c3ccc(N(c4ccc(-c5ccc(-n6c7ccccc7c7ccccc76)cc5)cc4)c4ccc(-c5cccc6c5oc5ccccc56)cc4)cc3)cccc12. The van der Waals surface area contributed by atoms with Crippen LogP contribution in [0, 0.1) is 0 Å². The predicted octanol–water partition coefficient (Wildman–Crippen LogP) is 18.1. The molecule has 4 heteroatoms. The number of para-hydroxylation sites is 6. The Labute approximate surface area is 387 Å². The summed E-state index contributed by atoms with van der Waals surface area (Å²) >= 11 is 0. The van der Waals surface area contributed by atoms with Crippen molar-refractivity contribution in [2.45, 2.75) is 6.92 Å². The Bertz CT molecular complexity index is 3980. The smallest absolute Gasteiger partial charge is 0.143 e. The molecule has 67 heavy (non-hydrogen) atoms. The first-order chi connectivity index (χ1) is 33.1. The molecule has 0 aliphatic rings. The first kappa shape index (κ1) is 38.6. The van der Waals surface area contributed by atoms with Crippen molar-refractivity contribution in [1.82, 2.24) is 4.57 Å². The van der Waals surface area contributed by atoms with Crippen LogP contribution in [-0.2, 0) is 0 Å². The van der Waals surface area contributed by atoms with Crippen LogP contribution in [0.3, 0.4) is 0 Å². The maximum Gasteiger partial charge on any atom is 0.143 e. The van der Waals surface area contributed by atoms with E-state index in [0.29, 0.717) is 0 Å². The summed E-state index contributed by atoms with van der Waals surface area (Å²) in [5.74, 6) is 0. The van der Waals surface area contributed by atoms with E-state index in [1.165, 1.54) is 21.8 Å². The number of anilines is 3. The number of hydrogen-bond donors (Lipinski definition) is 0. The van der Waals surface area contributed by atoms with Gasteiger partial charge < -0.3 is 18.3 Å². The van der Waals surface area contributed by atoms with Crippen molar-refractivity contribution < 1.29 is 8.83 Å². The minimum Gasteiger partial charge on any atom is -0.455 e. The zero-order valence-electron chi connectivity index (χ0n) is 36.8.